The molecule has 11 nitrogen and oxygen atoms in total. The third-order valence-corrected chi connectivity index (χ3v) is 26.7. The van der Waals surface area contributed by atoms with Gasteiger partial charge in [0.1, 0.15) is 16.9 Å². The van der Waals surface area contributed by atoms with Crippen LogP contribution in [0.5, 0.6) is 0 Å². The number of anilines is 3. The molecule has 0 amide bonds. The molecule has 27 rings (SSSR count). The monoisotopic (exact) mass is 1690 g/mol. The Balaban J connectivity index is 0.000000107. The van der Waals surface area contributed by atoms with E-state index >= 15 is 0 Å². The van der Waals surface area contributed by atoms with Crippen LogP contribution in [-0.4, -0.2) is 48.1 Å². The van der Waals surface area contributed by atoms with E-state index in [1.54, 1.807) is 0 Å². The number of pyridine rings is 7. The quantitative estimate of drug-likeness (QED) is 0.118. The van der Waals surface area contributed by atoms with Crippen LogP contribution in [0.15, 0.2) is 455 Å². The molecule has 0 spiro atoms. The van der Waals surface area contributed by atoms with Crippen molar-refractivity contribution in [2.24, 2.45) is 0 Å². The van der Waals surface area contributed by atoms with E-state index in [0.29, 0.717) is 0 Å². The fourth-order valence-corrected chi connectivity index (χ4v) is 20.1. The van der Waals surface area contributed by atoms with Gasteiger partial charge in [-0.2, -0.15) is 0 Å². The predicted octanol–water partition coefficient (Wildman–Crippen LogP) is 31.1. The summed E-state index contributed by atoms with van der Waals surface area (Å²) in [5.41, 5.74) is 36.0. The topological polar surface area (TPSA) is 107 Å². The second-order valence-electron chi connectivity index (χ2n) is 33.1. The summed E-state index contributed by atoms with van der Waals surface area (Å²) in [6.07, 6.45) is 5.60. The molecule has 0 bridgehead atoms. The van der Waals surface area contributed by atoms with Crippen LogP contribution in [0.3, 0.4) is 0 Å². The Labute approximate surface area is 756 Å². The SMILES string of the molecule is c1ccc(-c2ccc(-c3ccc(-c4ccc5c(c4)c4ncccc4c4nc6ccccc6n54)cc3)s2)cc1.c1ccc(-c2ccc(N(c3ccc(-c4ccccc4)cc3)c3ccc(-c4ccc5c(c4)c4ncccc4c4nc6ccccc6n54)cc3)cc2)cc1.c1ccc2c(c1)ccc1ccc(-c3ccc(-c4ccc5c(c4)c4ncccc4c4nc6ccccc6n54)cc3)nc12. The first-order chi connectivity index (χ1) is 64.9. The fourth-order valence-electron chi connectivity index (χ4n) is 19.1. The lowest BCUT2D eigenvalue weighted by atomic mass is 9.99. The molecule has 0 fully saturated rings. The van der Waals surface area contributed by atoms with Crippen molar-refractivity contribution in [2.75, 3.05) is 4.90 Å². The van der Waals surface area contributed by atoms with Gasteiger partial charge in [0.25, 0.3) is 0 Å². The largest absolute Gasteiger partial charge is 0.311 e. The van der Waals surface area contributed by atoms with Gasteiger partial charge in [0, 0.05) is 94.1 Å². The van der Waals surface area contributed by atoms with Crippen LogP contribution in [0.2, 0.25) is 0 Å². The van der Waals surface area contributed by atoms with Crippen LogP contribution in [-0.2, 0) is 0 Å². The molecular formula is C119H75N11S. The first-order valence-electron chi connectivity index (χ1n) is 44.0. The van der Waals surface area contributed by atoms with Crippen LogP contribution in [0.4, 0.5) is 17.1 Å². The highest BCUT2D eigenvalue weighted by molar-refractivity contribution is 7.18. The Morgan fingerprint density at radius 1 is 0.191 bits per heavy atom. The summed E-state index contributed by atoms with van der Waals surface area (Å²) in [6, 6.07) is 155. The van der Waals surface area contributed by atoms with E-state index in [0.717, 1.165) is 177 Å². The number of nitrogens with zero attached hydrogens (tertiary/aromatic N) is 11. The lowest BCUT2D eigenvalue weighted by molar-refractivity contribution is 1.28. The van der Waals surface area contributed by atoms with Gasteiger partial charge >= 0.3 is 0 Å². The Morgan fingerprint density at radius 2 is 0.496 bits per heavy atom. The second kappa shape index (κ2) is 31.9. The minimum atomic E-state index is 0.933. The molecule has 0 saturated heterocycles. The van der Waals surface area contributed by atoms with Crippen molar-refractivity contribution < 1.29 is 0 Å². The van der Waals surface area contributed by atoms with E-state index < -0.39 is 0 Å². The van der Waals surface area contributed by atoms with Crippen molar-refractivity contribution in [1.82, 2.24) is 48.1 Å². The van der Waals surface area contributed by atoms with Gasteiger partial charge in [-0.15, -0.1) is 11.3 Å². The van der Waals surface area contributed by atoms with E-state index in [9.17, 15) is 0 Å². The average molecular weight is 1690 g/mol. The van der Waals surface area contributed by atoms with Crippen molar-refractivity contribution >= 4 is 166 Å². The maximum atomic E-state index is 5.08. The number of hydrogen-bond acceptors (Lipinski definition) is 9. The Bertz CT molecular complexity index is 9050. The van der Waals surface area contributed by atoms with Gasteiger partial charge in [0.15, 0.2) is 0 Å². The van der Waals surface area contributed by atoms with Crippen molar-refractivity contribution in [1.29, 1.82) is 0 Å². The number of imidazole rings is 3. The Kier molecular flexibility index (Phi) is 18.5. The van der Waals surface area contributed by atoms with Gasteiger partial charge in [-0.1, -0.05) is 273 Å². The number of hydrogen-bond donors (Lipinski definition) is 0. The summed E-state index contributed by atoms with van der Waals surface area (Å²) >= 11 is 1.83. The molecule has 27 aromatic rings. The second-order valence-corrected chi connectivity index (χ2v) is 34.2. The molecule has 11 aromatic heterocycles. The highest BCUT2D eigenvalue weighted by Gasteiger charge is 2.22. The Morgan fingerprint density at radius 3 is 0.916 bits per heavy atom. The predicted molar refractivity (Wildman–Crippen MR) is 545 cm³/mol. The fraction of sp³-hybridized carbons (Fsp3) is 0. The summed E-state index contributed by atoms with van der Waals surface area (Å²) < 4.78 is 6.80. The van der Waals surface area contributed by atoms with E-state index in [1.807, 2.05) is 66.3 Å². The zero-order valence-electron chi connectivity index (χ0n) is 70.6. The van der Waals surface area contributed by atoms with Gasteiger partial charge in [0.05, 0.1) is 77.4 Å². The summed E-state index contributed by atoms with van der Waals surface area (Å²) in [7, 11) is 0. The van der Waals surface area contributed by atoms with Gasteiger partial charge in [-0.25, -0.2) is 19.9 Å². The molecule has 0 atom stereocenters. The number of aromatic nitrogens is 10. The van der Waals surface area contributed by atoms with Gasteiger partial charge < -0.3 is 4.90 Å². The molecule has 131 heavy (non-hydrogen) atoms. The average Bonchev–Trinajstić information content (AvgIpc) is 1.62. The van der Waals surface area contributed by atoms with Crippen LogP contribution < -0.4 is 4.90 Å². The standard InChI is InChI=1S/C48H32N4.C37H22N4.C34H21N3S/c1-3-10-33(11-4-1)35-17-24-39(25-18-35)51(40-26-19-36(20-27-40)34-12-5-2-6-13-34)41-28-21-37(22-29-41)38-23-30-45-43(32-38)47-42(14-9-31-49-47)48-50-44-15-7-8-16-46(44)52(45)48;1-2-7-28-24(6-1)13-16-26-17-19-31(39-35(26)28)25-14-11-23(12-15-25)27-18-20-33-30(22-27)36-29(8-5-21-38-36)37-40-32-9-3-4-10-34(32)41(33)37;1-2-7-23(8-3-1)31-18-19-32(38-31)24-14-12-22(13-15-24)25-16-17-29-27(21-25)33-26(9-6-20-35-33)34-36-28-10-4-5-11-30(28)37(29)34/h1-32H;1-22H;1-21H. The van der Waals surface area contributed by atoms with Crippen molar-refractivity contribution in [3.8, 4) is 87.8 Å². The number of fused-ring (bicyclic) bond motifs is 27. The first kappa shape index (κ1) is 76.0. The van der Waals surface area contributed by atoms with E-state index in [1.165, 1.54) is 65.0 Å². The highest BCUT2D eigenvalue weighted by Crippen LogP contribution is 2.44. The number of benzene rings is 16. The molecular weight excluding hydrogens is 1620 g/mol. The zero-order chi connectivity index (χ0) is 86.4. The maximum absolute atomic E-state index is 5.08. The van der Waals surface area contributed by atoms with Gasteiger partial charge in [0.2, 0.25) is 0 Å². The van der Waals surface area contributed by atoms with Crippen LogP contribution in [0.1, 0.15) is 0 Å². The summed E-state index contributed by atoms with van der Waals surface area (Å²) in [4.78, 5) is 39.4. The highest BCUT2D eigenvalue weighted by atomic mass is 32.1. The van der Waals surface area contributed by atoms with Crippen LogP contribution in [0, 0.1) is 0 Å². The third-order valence-electron chi connectivity index (χ3n) is 25.5. The summed E-state index contributed by atoms with van der Waals surface area (Å²) in [6.45, 7) is 0. The summed E-state index contributed by atoms with van der Waals surface area (Å²) in [5.74, 6) is 0. The third kappa shape index (κ3) is 13.5. The van der Waals surface area contributed by atoms with Crippen LogP contribution in [0.25, 0.3) is 225 Å². The maximum Gasteiger partial charge on any atom is 0.147 e. The van der Waals surface area contributed by atoms with Crippen molar-refractivity contribution in [3.05, 3.63) is 455 Å². The molecule has 0 aliphatic carbocycles. The van der Waals surface area contributed by atoms with Gasteiger partial charge in [-0.3, -0.25) is 28.2 Å². The molecule has 16 aromatic carbocycles. The minimum absolute atomic E-state index is 0.933. The lowest BCUT2D eigenvalue weighted by Gasteiger charge is -2.26. The van der Waals surface area contributed by atoms with Crippen LogP contribution >= 0.6 is 11.3 Å². The first-order valence-corrected chi connectivity index (χ1v) is 44.9. The van der Waals surface area contributed by atoms with Crippen molar-refractivity contribution in [3.63, 3.8) is 0 Å². The van der Waals surface area contributed by atoms with E-state index in [-0.39, 0.29) is 0 Å². The molecule has 612 valence electrons. The molecule has 11 heterocycles. The minimum Gasteiger partial charge on any atom is -0.311 e. The molecule has 0 saturated carbocycles. The normalized spacial score (nSPS) is 11.7. The lowest BCUT2D eigenvalue weighted by Crippen LogP contribution is -2.09. The van der Waals surface area contributed by atoms with Gasteiger partial charge in [-0.05, 0) is 236 Å². The van der Waals surface area contributed by atoms with E-state index in [2.05, 4.69) is 418 Å². The molecule has 0 N–H and O–H groups in total. The van der Waals surface area contributed by atoms with Crippen molar-refractivity contribution in [2.45, 2.75) is 0 Å². The molecule has 0 aliphatic rings. The molecule has 0 unspecified atom stereocenters. The number of para-hydroxylation sites is 6. The number of thiophene rings is 1. The van der Waals surface area contributed by atoms with E-state index in [4.69, 9.17) is 34.9 Å². The Hall–Kier alpha value is -17.5. The molecule has 0 radical (unpaired) electrons. The zero-order valence-corrected chi connectivity index (χ0v) is 71.4. The molecule has 0 aliphatic heterocycles. The number of rotatable bonds is 11. The summed E-state index contributed by atoms with van der Waals surface area (Å²) in [5, 5.41) is 10.1. The molecule has 12 heteroatoms. The smallest absolute Gasteiger partial charge is 0.147 e.